The largest absolute Gasteiger partial charge is 0.507 e. The number of barbiturate groups is 1. The molecule has 0 saturated carbocycles. The van der Waals surface area contributed by atoms with Crippen molar-refractivity contribution in [3.8, 4) is 17.2 Å². The second-order valence-electron chi connectivity index (χ2n) is 6.22. The Kier molecular flexibility index (Phi) is 5.82. The molecule has 1 fully saturated rings. The molecule has 0 atom stereocenters. The molecule has 2 N–H and O–H groups in total. The van der Waals surface area contributed by atoms with Crippen molar-refractivity contribution in [2.75, 3.05) is 18.6 Å². The Hall–Kier alpha value is -3.81. The zero-order valence-electron chi connectivity index (χ0n) is 16.0. The van der Waals surface area contributed by atoms with Gasteiger partial charge in [0.2, 0.25) is 0 Å². The van der Waals surface area contributed by atoms with Crippen molar-refractivity contribution < 1.29 is 29.0 Å². The quantitative estimate of drug-likeness (QED) is 0.575. The molecule has 0 aliphatic carbocycles. The number of hydrogen-bond donors (Lipinski definition) is 2. The Morgan fingerprint density at radius 1 is 1.07 bits per heavy atom. The molecule has 3 rings (SSSR count). The van der Waals surface area contributed by atoms with Crippen LogP contribution in [0.25, 0.3) is 6.08 Å². The summed E-state index contributed by atoms with van der Waals surface area (Å²) in [6.45, 7) is 2.53. The number of benzene rings is 2. The van der Waals surface area contributed by atoms with Gasteiger partial charge in [0.15, 0.2) is 0 Å². The summed E-state index contributed by atoms with van der Waals surface area (Å²) in [5.41, 5.74) is 0.243. The van der Waals surface area contributed by atoms with Gasteiger partial charge in [0.05, 0.1) is 19.4 Å². The highest BCUT2D eigenvalue weighted by Crippen LogP contribution is 2.28. The van der Waals surface area contributed by atoms with E-state index in [1.807, 2.05) is 6.92 Å². The van der Waals surface area contributed by atoms with E-state index >= 15 is 0 Å². The molecule has 8 nitrogen and oxygen atoms in total. The molecule has 0 bridgehead atoms. The zero-order chi connectivity index (χ0) is 21.0. The second-order valence-corrected chi connectivity index (χ2v) is 6.22. The van der Waals surface area contributed by atoms with Crippen molar-refractivity contribution in [3.63, 3.8) is 0 Å². The number of carbonyl (C=O) groups is 3. The van der Waals surface area contributed by atoms with Gasteiger partial charge in [-0.25, -0.2) is 9.69 Å². The lowest BCUT2D eigenvalue weighted by Crippen LogP contribution is -2.54. The van der Waals surface area contributed by atoms with Crippen LogP contribution in [-0.4, -0.2) is 36.7 Å². The summed E-state index contributed by atoms with van der Waals surface area (Å²) in [4.78, 5) is 38.2. The van der Waals surface area contributed by atoms with Crippen LogP contribution < -0.4 is 19.7 Å². The highest BCUT2D eigenvalue weighted by molar-refractivity contribution is 6.39. The first kappa shape index (κ1) is 19.9. The number of phenols is 1. The number of aromatic hydroxyl groups is 1. The van der Waals surface area contributed by atoms with Crippen molar-refractivity contribution in [2.24, 2.45) is 0 Å². The average molecular weight is 396 g/mol. The van der Waals surface area contributed by atoms with E-state index in [9.17, 15) is 19.5 Å². The minimum atomic E-state index is -0.849. The monoisotopic (exact) mass is 396 g/mol. The van der Waals surface area contributed by atoms with Crippen molar-refractivity contribution in [1.29, 1.82) is 0 Å². The van der Waals surface area contributed by atoms with Crippen LogP contribution in [0.2, 0.25) is 0 Å². The summed E-state index contributed by atoms with van der Waals surface area (Å²) < 4.78 is 10.5. The highest BCUT2D eigenvalue weighted by Gasteiger charge is 2.37. The van der Waals surface area contributed by atoms with Gasteiger partial charge in [-0.15, -0.1) is 0 Å². The predicted octanol–water partition coefficient (Wildman–Crippen LogP) is 2.86. The summed E-state index contributed by atoms with van der Waals surface area (Å²) in [5, 5.41) is 12.2. The van der Waals surface area contributed by atoms with Crippen LogP contribution in [0.4, 0.5) is 10.5 Å². The minimum absolute atomic E-state index is 0.168. The molecule has 0 unspecified atom stereocenters. The van der Waals surface area contributed by atoms with E-state index in [4.69, 9.17) is 9.47 Å². The molecule has 2 aromatic rings. The summed E-state index contributed by atoms with van der Waals surface area (Å²) in [6, 6.07) is 9.98. The fourth-order valence-corrected chi connectivity index (χ4v) is 2.73. The molecule has 1 aliphatic rings. The number of nitrogens with zero attached hydrogens (tertiary/aromatic N) is 1. The molecule has 0 spiro atoms. The molecule has 2 aromatic carbocycles. The SMILES string of the molecule is CCCOc1ccc(N2C(=O)NC(=O)/C(=C/c3ccc(OC)cc3O)C2=O)cc1. The van der Waals surface area contributed by atoms with Crippen LogP contribution in [0.3, 0.4) is 0 Å². The van der Waals surface area contributed by atoms with E-state index in [2.05, 4.69) is 5.32 Å². The highest BCUT2D eigenvalue weighted by atomic mass is 16.5. The average Bonchev–Trinajstić information content (AvgIpc) is 2.71. The molecule has 0 aromatic heterocycles. The maximum atomic E-state index is 12.9. The lowest BCUT2D eigenvalue weighted by Gasteiger charge is -2.26. The molecule has 150 valence electrons. The van der Waals surface area contributed by atoms with Gasteiger partial charge in [-0.1, -0.05) is 6.92 Å². The molecule has 29 heavy (non-hydrogen) atoms. The molecule has 1 heterocycles. The summed E-state index contributed by atoms with van der Waals surface area (Å²) in [5.74, 6) is -0.773. The lowest BCUT2D eigenvalue weighted by atomic mass is 10.1. The van der Waals surface area contributed by atoms with Gasteiger partial charge >= 0.3 is 6.03 Å². The number of imide groups is 2. The number of ether oxygens (including phenoxy) is 2. The van der Waals surface area contributed by atoms with E-state index in [1.54, 1.807) is 30.3 Å². The van der Waals surface area contributed by atoms with Crippen LogP contribution in [0, 0.1) is 0 Å². The third-order valence-corrected chi connectivity index (χ3v) is 4.21. The maximum absolute atomic E-state index is 12.9. The van der Waals surface area contributed by atoms with Gasteiger partial charge < -0.3 is 14.6 Å². The predicted molar refractivity (Wildman–Crippen MR) is 106 cm³/mol. The maximum Gasteiger partial charge on any atom is 0.335 e. The first-order chi connectivity index (χ1) is 13.9. The standard InChI is InChI=1S/C21H20N2O6/c1-3-10-29-15-8-5-14(6-9-15)23-20(26)17(19(25)22-21(23)27)11-13-4-7-16(28-2)12-18(13)24/h4-9,11-12,24H,3,10H2,1-2H3,(H,22,25,27)/b17-11-. The zero-order valence-corrected chi connectivity index (χ0v) is 16.0. The Bertz CT molecular complexity index is 981. The normalized spacial score (nSPS) is 15.4. The number of phenolic OH excluding ortho intramolecular Hbond substituents is 1. The Labute approximate surface area is 167 Å². The fraction of sp³-hybridized carbons (Fsp3) is 0.190. The minimum Gasteiger partial charge on any atom is -0.507 e. The Morgan fingerprint density at radius 2 is 1.76 bits per heavy atom. The van der Waals surface area contributed by atoms with Crippen LogP contribution >= 0.6 is 0 Å². The number of nitrogens with one attached hydrogen (secondary N) is 1. The molecule has 8 heteroatoms. The van der Waals surface area contributed by atoms with E-state index in [1.165, 1.54) is 25.3 Å². The summed E-state index contributed by atoms with van der Waals surface area (Å²) >= 11 is 0. The topological polar surface area (TPSA) is 105 Å². The molecule has 1 aliphatic heterocycles. The number of methoxy groups -OCH3 is 1. The van der Waals surface area contributed by atoms with Gasteiger partial charge in [-0.05, 0) is 48.9 Å². The van der Waals surface area contributed by atoms with E-state index < -0.39 is 17.8 Å². The molecule has 4 amide bonds. The Balaban J connectivity index is 1.92. The van der Waals surface area contributed by atoms with Crippen molar-refractivity contribution >= 4 is 29.6 Å². The summed E-state index contributed by atoms with van der Waals surface area (Å²) in [7, 11) is 1.45. The van der Waals surface area contributed by atoms with Gasteiger partial charge in [0.25, 0.3) is 11.8 Å². The number of hydrogen-bond acceptors (Lipinski definition) is 6. The Morgan fingerprint density at radius 3 is 2.38 bits per heavy atom. The number of carbonyl (C=O) groups excluding carboxylic acids is 3. The molecule has 0 radical (unpaired) electrons. The summed E-state index contributed by atoms with van der Waals surface area (Å²) in [6.07, 6.45) is 2.08. The molecular formula is C21H20N2O6. The van der Waals surface area contributed by atoms with Crippen LogP contribution in [0.5, 0.6) is 17.2 Å². The van der Waals surface area contributed by atoms with Crippen LogP contribution in [0.15, 0.2) is 48.0 Å². The van der Waals surface area contributed by atoms with E-state index in [0.29, 0.717) is 18.1 Å². The van der Waals surface area contributed by atoms with Crippen molar-refractivity contribution in [2.45, 2.75) is 13.3 Å². The van der Waals surface area contributed by atoms with E-state index in [0.717, 1.165) is 11.3 Å². The van der Waals surface area contributed by atoms with Crippen molar-refractivity contribution in [3.05, 3.63) is 53.6 Å². The molecule has 1 saturated heterocycles. The van der Waals surface area contributed by atoms with Crippen molar-refractivity contribution in [1.82, 2.24) is 5.32 Å². The fourth-order valence-electron chi connectivity index (χ4n) is 2.73. The van der Waals surface area contributed by atoms with E-state index in [-0.39, 0.29) is 22.6 Å². The third kappa shape index (κ3) is 4.21. The van der Waals surface area contributed by atoms with Crippen LogP contribution in [-0.2, 0) is 9.59 Å². The van der Waals surface area contributed by atoms with Gasteiger partial charge in [-0.2, -0.15) is 0 Å². The third-order valence-electron chi connectivity index (χ3n) is 4.21. The number of amides is 4. The first-order valence-corrected chi connectivity index (χ1v) is 8.96. The van der Waals surface area contributed by atoms with Gasteiger partial charge in [-0.3, -0.25) is 14.9 Å². The first-order valence-electron chi connectivity index (χ1n) is 8.96. The van der Waals surface area contributed by atoms with Gasteiger partial charge in [0, 0.05) is 11.6 Å². The smallest absolute Gasteiger partial charge is 0.335 e. The number of urea groups is 1. The second kappa shape index (κ2) is 8.47. The number of anilines is 1. The van der Waals surface area contributed by atoms with Gasteiger partial charge in [0.1, 0.15) is 22.8 Å². The molecular weight excluding hydrogens is 376 g/mol. The van der Waals surface area contributed by atoms with Crippen LogP contribution in [0.1, 0.15) is 18.9 Å². The lowest BCUT2D eigenvalue weighted by molar-refractivity contribution is -0.122. The number of rotatable bonds is 6.